The molecule has 0 aromatic heterocycles. The van der Waals surface area contributed by atoms with Gasteiger partial charge in [0, 0.05) is 5.92 Å². The fraction of sp³-hybridized carbons (Fsp3) is 0.556. The molecule has 1 N–H and O–H groups in total. The molecule has 13 heavy (non-hydrogen) atoms. The van der Waals surface area contributed by atoms with Crippen molar-refractivity contribution in [2.24, 2.45) is 17.8 Å². The van der Waals surface area contributed by atoms with E-state index >= 15 is 0 Å². The molecule has 3 atom stereocenters. The second-order valence-electron chi connectivity index (χ2n) is 3.37. The predicted octanol–water partition coefficient (Wildman–Crippen LogP) is 1.86. The lowest BCUT2D eigenvalue weighted by Gasteiger charge is -2.24. The summed E-state index contributed by atoms with van der Waals surface area (Å²) in [7, 11) is 0. The number of carboxylic acids is 1. The molecular formula is C9H11IO3. The first-order chi connectivity index (χ1) is 6.02. The second kappa shape index (κ2) is 4.21. The minimum absolute atomic E-state index is 0.0544. The van der Waals surface area contributed by atoms with E-state index in [1.54, 1.807) is 28.7 Å². The van der Waals surface area contributed by atoms with Crippen LogP contribution in [-0.4, -0.2) is 14.9 Å². The molecule has 0 heterocycles. The van der Waals surface area contributed by atoms with Crippen molar-refractivity contribution in [2.45, 2.75) is 13.3 Å². The van der Waals surface area contributed by atoms with Crippen LogP contribution in [0.15, 0.2) is 12.2 Å². The summed E-state index contributed by atoms with van der Waals surface area (Å²) < 4.78 is -0.0544. The Morgan fingerprint density at radius 2 is 2.08 bits per heavy atom. The molecule has 0 radical (unpaired) electrons. The van der Waals surface area contributed by atoms with Gasteiger partial charge in [0.15, 0.2) is 3.79 Å². The first kappa shape index (κ1) is 10.7. The van der Waals surface area contributed by atoms with Crippen molar-refractivity contribution < 1.29 is 14.7 Å². The van der Waals surface area contributed by atoms with Crippen LogP contribution in [0.5, 0.6) is 0 Å². The zero-order valence-corrected chi connectivity index (χ0v) is 9.39. The smallest absolute Gasteiger partial charge is 0.311 e. The number of halogens is 1. The molecule has 0 saturated carbocycles. The summed E-state index contributed by atoms with van der Waals surface area (Å²) in [6, 6.07) is 0. The number of allylic oxidation sites excluding steroid dienone is 1. The fourth-order valence-electron chi connectivity index (χ4n) is 1.56. The van der Waals surface area contributed by atoms with Crippen LogP contribution in [0.3, 0.4) is 0 Å². The van der Waals surface area contributed by atoms with Gasteiger partial charge in [-0.05, 0) is 34.9 Å². The van der Waals surface area contributed by atoms with Crippen LogP contribution in [-0.2, 0) is 9.59 Å². The molecule has 72 valence electrons. The van der Waals surface area contributed by atoms with E-state index in [2.05, 4.69) is 0 Å². The van der Waals surface area contributed by atoms with Gasteiger partial charge in [-0.2, -0.15) is 0 Å². The van der Waals surface area contributed by atoms with Gasteiger partial charge in [0.1, 0.15) is 0 Å². The number of carbonyl (C=O) groups excluding carboxylic acids is 1. The lowest BCUT2D eigenvalue weighted by atomic mass is 9.80. The molecule has 0 aromatic carbocycles. The third-order valence-corrected chi connectivity index (χ3v) is 3.08. The van der Waals surface area contributed by atoms with Gasteiger partial charge in [0.05, 0.1) is 5.92 Å². The Balaban J connectivity index is 2.85. The maximum Gasteiger partial charge on any atom is 0.311 e. The summed E-state index contributed by atoms with van der Waals surface area (Å²) in [5.74, 6) is -1.57. The first-order valence-corrected chi connectivity index (χ1v) is 5.20. The molecule has 0 spiro atoms. The van der Waals surface area contributed by atoms with Crippen molar-refractivity contribution in [1.29, 1.82) is 0 Å². The maximum atomic E-state index is 11.1. The lowest BCUT2D eigenvalue weighted by Crippen LogP contribution is -2.29. The van der Waals surface area contributed by atoms with Crippen molar-refractivity contribution in [2.75, 3.05) is 0 Å². The highest BCUT2D eigenvalue weighted by Gasteiger charge is 2.33. The molecule has 4 heteroatoms. The number of carbonyl (C=O) groups is 2. The average molecular weight is 294 g/mol. The van der Waals surface area contributed by atoms with Crippen LogP contribution in [0.2, 0.25) is 0 Å². The van der Waals surface area contributed by atoms with Gasteiger partial charge in [-0.25, -0.2) is 0 Å². The van der Waals surface area contributed by atoms with Crippen LogP contribution < -0.4 is 0 Å². The van der Waals surface area contributed by atoms with E-state index < -0.39 is 11.9 Å². The third kappa shape index (κ3) is 2.52. The van der Waals surface area contributed by atoms with E-state index in [4.69, 9.17) is 5.11 Å². The summed E-state index contributed by atoms with van der Waals surface area (Å²) in [6.07, 6.45) is 4.15. The molecule has 0 aromatic rings. The number of aliphatic carboxylic acids is 1. The largest absolute Gasteiger partial charge is 0.481 e. The SMILES string of the molecule is CC1C=CC(C(=O)O)C(C(=O)I)C1. The third-order valence-electron chi connectivity index (χ3n) is 2.28. The highest BCUT2D eigenvalue weighted by atomic mass is 127. The summed E-state index contributed by atoms with van der Waals surface area (Å²) >= 11 is 1.68. The van der Waals surface area contributed by atoms with E-state index in [9.17, 15) is 9.59 Å². The standard InChI is InChI=1S/C9H11IO3/c1-5-2-3-6(9(12)13)7(4-5)8(10)11/h2-3,5-7H,4H2,1H3,(H,12,13). The molecule has 0 aliphatic heterocycles. The number of carboxylic acid groups (broad SMARTS) is 1. The fourth-order valence-corrected chi connectivity index (χ4v) is 2.20. The van der Waals surface area contributed by atoms with Crippen LogP contribution in [0.4, 0.5) is 0 Å². The van der Waals surface area contributed by atoms with E-state index in [0.717, 1.165) is 0 Å². The molecule has 0 bridgehead atoms. The van der Waals surface area contributed by atoms with Crippen molar-refractivity contribution in [1.82, 2.24) is 0 Å². The molecule has 3 nitrogen and oxygen atoms in total. The molecule has 1 aliphatic rings. The number of hydrogen-bond donors (Lipinski definition) is 1. The van der Waals surface area contributed by atoms with Crippen LogP contribution >= 0.6 is 22.6 Å². The van der Waals surface area contributed by atoms with Crippen molar-refractivity contribution >= 4 is 32.4 Å². The van der Waals surface area contributed by atoms with Crippen LogP contribution in [0.1, 0.15) is 13.3 Å². The molecule has 1 rings (SSSR count). The summed E-state index contributed by atoms with van der Waals surface area (Å²) in [4.78, 5) is 21.9. The monoisotopic (exact) mass is 294 g/mol. The predicted molar refractivity (Wildman–Crippen MR) is 56.6 cm³/mol. The van der Waals surface area contributed by atoms with Gasteiger partial charge in [0.2, 0.25) is 0 Å². The summed E-state index contributed by atoms with van der Waals surface area (Å²) in [6.45, 7) is 1.99. The topological polar surface area (TPSA) is 54.4 Å². The molecular weight excluding hydrogens is 283 g/mol. The number of rotatable bonds is 2. The first-order valence-electron chi connectivity index (χ1n) is 4.13. The van der Waals surface area contributed by atoms with E-state index in [-0.39, 0.29) is 9.71 Å². The Morgan fingerprint density at radius 1 is 1.46 bits per heavy atom. The Labute approximate surface area is 90.3 Å². The van der Waals surface area contributed by atoms with Gasteiger partial charge in [0.25, 0.3) is 0 Å². The van der Waals surface area contributed by atoms with Crippen molar-refractivity contribution in [3.8, 4) is 0 Å². The van der Waals surface area contributed by atoms with Crippen molar-refractivity contribution in [3.05, 3.63) is 12.2 Å². The molecule has 0 saturated heterocycles. The highest BCUT2D eigenvalue weighted by Crippen LogP contribution is 2.30. The Kier molecular flexibility index (Phi) is 3.47. The zero-order chi connectivity index (χ0) is 10.0. The van der Waals surface area contributed by atoms with Gasteiger partial charge >= 0.3 is 5.97 Å². The Bertz CT molecular complexity index is 260. The highest BCUT2D eigenvalue weighted by molar-refractivity contribution is 14.1. The summed E-state index contributed by atoms with van der Waals surface area (Å²) in [5.41, 5.74) is 0. The molecule has 0 fully saturated rings. The quantitative estimate of drug-likeness (QED) is 0.480. The van der Waals surface area contributed by atoms with Gasteiger partial charge in [-0.3, -0.25) is 9.59 Å². The van der Waals surface area contributed by atoms with Crippen LogP contribution in [0.25, 0.3) is 0 Å². The zero-order valence-electron chi connectivity index (χ0n) is 7.24. The van der Waals surface area contributed by atoms with E-state index in [0.29, 0.717) is 12.3 Å². The van der Waals surface area contributed by atoms with E-state index in [1.807, 2.05) is 13.0 Å². The van der Waals surface area contributed by atoms with Gasteiger partial charge in [-0.15, -0.1) is 0 Å². The van der Waals surface area contributed by atoms with Gasteiger partial charge < -0.3 is 5.11 Å². The van der Waals surface area contributed by atoms with E-state index in [1.165, 1.54) is 0 Å². The minimum atomic E-state index is -0.904. The lowest BCUT2D eigenvalue weighted by molar-refractivity contribution is -0.143. The Morgan fingerprint density at radius 3 is 2.54 bits per heavy atom. The normalized spacial score (nSPS) is 32.9. The maximum absolute atomic E-state index is 11.1. The number of hydrogen-bond acceptors (Lipinski definition) is 2. The minimum Gasteiger partial charge on any atom is -0.481 e. The molecule has 1 aliphatic carbocycles. The summed E-state index contributed by atoms with van der Waals surface area (Å²) in [5, 5.41) is 8.84. The van der Waals surface area contributed by atoms with Crippen molar-refractivity contribution in [3.63, 3.8) is 0 Å². The second-order valence-corrected chi connectivity index (χ2v) is 4.44. The van der Waals surface area contributed by atoms with Crippen LogP contribution in [0, 0.1) is 17.8 Å². The molecule has 3 unspecified atom stereocenters. The molecule has 0 amide bonds. The van der Waals surface area contributed by atoms with Gasteiger partial charge in [-0.1, -0.05) is 19.1 Å². The average Bonchev–Trinajstić information content (AvgIpc) is 2.03. The Hall–Kier alpha value is -0.390.